The summed E-state index contributed by atoms with van der Waals surface area (Å²) in [6, 6.07) is 58.1. The molecule has 0 aliphatic carbocycles. The molecule has 0 N–H and O–H groups in total. The number of hydrogen-bond donors (Lipinski definition) is 0. The van der Waals surface area contributed by atoms with Gasteiger partial charge in [0.2, 0.25) is 0 Å². The van der Waals surface area contributed by atoms with Crippen LogP contribution >= 0.6 is 0 Å². The van der Waals surface area contributed by atoms with Gasteiger partial charge in [-0.25, -0.2) is 4.85 Å². The first-order valence-electron chi connectivity index (χ1n) is 15.5. The van der Waals surface area contributed by atoms with Crippen LogP contribution in [0.4, 0.5) is 5.69 Å². The summed E-state index contributed by atoms with van der Waals surface area (Å²) in [6.07, 6.45) is 0. The monoisotopic (exact) mass is 585 g/mol. The Morgan fingerprint density at radius 1 is 0.391 bits per heavy atom. The molecule has 2 heterocycles. The van der Waals surface area contributed by atoms with E-state index >= 15 is 0 Å². The van der Waals surface area contributed by atoms with E-state index in [2.05, 4.69) is 166 Å². The molecule has 0 bridgehead atoms. The summed E-state index contributed by atoms with van der Waals surface area (Å²) in [7, 11) is 0. The fraction of sp³-hybridized carbons (Fsp3) is 0. The van der Waals surface area contributed by atoms with Crippen LogP contribution in [0.5, 0.6) is 0 Å². The summed E-state index contributed by atoms with van der Waals surface area (Å²) < 4.78 is 4.72. The second kappa shape index (κ2) is 10.4. The molecule has 0 fully saturated rings. The summed E-state index contributed by atoms with van der Waals surface area (Å²) in [6.45, 7) is 7.61. The van der Waals surface area contributed by atoms with Gasteiger partial charge in [-0.2, -0.15) is 0 Å². The Kier molecular flexibility index (Phi) is 5.88. The number of rotatable bonds is 4. The SMILES string of the molecule is [C-]#[N+]c1ccc2c(c1)c1ccccc1n2-c1ccc(-c2cccc(-n3c4ccccc4c4ccccc43)c2)cc1-c1ccccc1. The van der Waals surface area contributed by atoms with E-state index in [-0.39, 0.29) is 0 Å². The van der Waals surface area contributed by atoms with E-state index in [1.807, 2.05) is 12.1 Å². The highest BCUT2D eigenvalue weighted by Crippen LogP contribution is 2.40. The lowest BCUT2D eigenvalue weighted by molar-refractivity contribution is 1.18. The van der Waals surface area contributed by atoms with Crippen LogP contribution in [0.2, 0.25) is 0 Å². The number of benzene rings is 7. The molecule has 9 aromatic rings. The molecule has 2 aromatic heterocycles. The Morgan fingerprint density at radius 3 is 1.65 bits per heavy atom. The number of nitrogens with zero attached hydrogens (tertiary/aromatic N) is 3. The average Bonchev–Trinajstić information content (AvgIpc) is 3.64. The Balaban J connectivity index is 1.27. The molecule has 0 saturated carbocycles. The molecule has 0 amide bonds. The van der Waals surface area contributed by atoms with Crippen molar-refractivity contribution < 1.29 is 0 Å². The summed E-state index contributed by atoms with van der Waals surface area (Å²) in [4.78, 5) is 3.72. The van der Waals surface area contributed by atoms with Gasteiger partial charge in [0.25, 0.3) is 0 Å². The van der Waals surface area contributed by atoms with E-state index < -0.39 is 0 Å². The number of para-hydroxylation sites is 3. The molecule has 9 rings (SSSR count). The van der Waals surface area contributed by atoms with E-state index in [9.17, 15) is 0 Å². The van der Waals surface area contributed by atoms with E-state index in [1.54, 1.807) is 0 Å². The van der Waals surface area contributed by atoms with Crippen LogP contribution in [-0.2, 0) is 0 Å². The van der Waals surface area contributed by atoms with Crippen LogP contribution in [0.1, 0.15) is 0 Å². The zero-order chi connectivity index (χ0) is 30.6. The first kappa shape index (κ1) is 26.1. The van der Waals surface area contributed by atoms with Crippen molar-refractivity contribution in [3.8, 4) is 33.6 Å². The fourth-order valence-corrected chi connectivity index (χ4v) is 7.07. The van der Waals surface area contributed by atoms with Crippen LogP contribution in [-0.4, -0.2) is 9.13 Å². The van der Waals surface area contributed by atoms with Gasteiger partial charge in [-0.15, -0.1) is 0 Å². The summed E-state index contributed by atoms with van der Waals surface area (Å²) in [5.41, 5.74) is 12.1. The summed E-state index contributed by atoms with van der Waals surface area (Å²) in [5, 5.41) is 4.75. The highest BCUT2D eigenvalue weighted by atomic mass is 15.0. The van der Waals surface area contributed by atoms with Gasteiger partial charge in [0.05, 0.1) is 34.3 Å². The predicted molar refractivity (Wildman–Crippen MR) is 192 cm³/mol. The van der Waals surface area contributed by atoms with Crippen LogP contribution in [0.3, 0.4) is 0 Å². The third-order valence-electron chi connectivity index (χ3n) is 9.13. The normalized spacial score (nSPS) is 11.5. The van der Waals surface area contributed by atoms with Gasteiger partial charge in [-0.3, -0.25) is 0 Å². The van der Waals surface area contributed by atoms with E-state index in [0.717, 1.165) is 55.4 Å². The Hall–Kier alpha value is -6.37. The Labute approximate surface area is 266 Å². The molecule has 46 heavy (non-hydrogen) atoms. The molecule has 7 aromatic carbocycles. The fourth-order valence-electron chi connectivity index (χ4n) is 7.07. The quantitative estimate of drug-likeness (QED) is 0.182. The predicted octanol–water partition coefficient (Wildman–Crippen LogP) is 11.8. The summed E-state index contributed by atoms with van der Waals surface area (Å²) >= 11 is 0. The highest BCUT2D eigenvalue weighted by molar-refractivity contribution is 6.11. The van der Waals surface area contributed by atoms with Gasteiger partial charge in [-0.1, -0.05) is 109 Å². The highest BCUT2D eigenvalue weighted by Gasteiger charge is 2.18. The van der Waals surface area contributed by atoms with Gasteiger partial charge < -0.3 is 9.13 Å². The molecule has 3 nitrogen and oxygen atoms in total. The van der Waals surface area contributed by atoms with E-state index in [0.29, 0.717) is 5.69 Å². The molecule has 3 heteroatoms. The van der Waals surface area contributed by atoms with Gasteiger partial charge in [0, 0.05) is 27.4 Å². The first-order valence-corrected chi connectivity index (χ1v) is 15.5. The molecule has 214 valence electrons. The van der Waals surface area contributed by atoms with Gasteiger partial charge in [-0.05, 0) is 76.7 Å². The standard InChI is InChI=1S/C43H27N3/c1-44-32-23-25-43-38(28-32)36-18-7-10-21-41(36)46(43)42-24-22-31(27-37(42)29-12-3-2-4-13-29)30-14-11-15-33(26-30)45-39-19-8-5-16-34(39)35-17-6-9-20-40(35)45/h2-28H. The minimum atomic E-state index is 0.650. The Bertz CT molecular complexity index is 2600. The second-order valence-electron chi connectivity index (χ2n) is 11.7. The zero-order valence-electron chi connectivity index (χ0n) is 24.9. The van der Waals surface area contributed by atoms with E-state index in [4.69, 9.17) is 6.57 Å². The van der Waals surface area contributed by atoms with Crippen LogP contribution < -0.4 is 0 Å². The van der Waals surface area contributed by atoms with Gasteiger partial charge in [0.15, 0.2) is 5.69 Å². The van der Waals surface area contributed by atoms with E-state index in [1.165, 1.54) is 21.8 Å². The Morgan fingerprint density at radius 2 is 0.957 bits per heavy atom. The molecule has 0 spiro atoms. The smallest absolute Gasteiger partial charge is 0.188 e. The minimum absolute atomic E-state index is 0.650. The van der Waals surface area contributed by atoms with Crippen molar-refractivity contribution in [2.75, 3.05) is 0 Å². The lowest BCUT2D eigenvalue weighted by Crippen LogP contribution is -1.98. The van der Waals surface area contributed by atoms with Crippen molar-refractivity contribution in [2.24, 2.45) is 0 Å². The lowest BCUT2D eigenvalue weighted by atomic mass is 9.96. The second-order valence-corrected chi connectivity index (χ2v) is 11.7. The maximum Gasteiger partial charge on any atom is 0.188 e. The third kappa shape index (κ3) is 3.98. The van der Waals surface area contributed by atoms with Crippen molar-refractivity contribution in [1.29, 1.82) is 0 Å². The maximum atomic E-state index is 7.61. The molecule has 0 aliphatic heterocycles. The minimum Gasteiger partial charge on any atom is -0.309 e. The summed E-state index contributed by atoms with van der Waals surface area (Å²) in [5.74, 6) is 0. The molecular weight excluding hydrogens is 558 g/mol. The molecule has 0 saturated heterocycles. The van der Waals surface area contributed by atoms with Crippen molar-refractivity contribution >= 4 is 49.3 Å². The molecular formula is C43H27N3. The maximum absolute atomic E-state index is 7.61. The van der Waals surface area contributed by atoms with Gasteiger partial charge in [0.1, 0.15) is 0 Å². The number of hydrogen-bond acceptors (Lipinski definition) is 0. The zero-order valence-corrected chi connectivity index (χ0v) is 24.9. The van der Waals surface area contributed by atoms with Crippen molar-refractivity contribution in [3.05, 3.63) is 175 Å². The molecule has 0 aliphatic rings. The molecule has 0 radical (unpaired) electrons. The largest absolute Gasteiger partial charge is 0.309 e. The molecule has 0 unspecified atom stereocenters. The third-order valence-corrected chi connectivity index (χ3v) is 9.13. The van der Waals surface area contributed by atoms with Crippen molar-refractivity contribution in [2.45, 2.75) is 0 Å². The first-order chi connectivity index (χ1) is 22.8. The number of fused-ring (bicyclic) bond motifs is 6. The topological polar surface area (TPSA) is 14.2 Å². The van der Waals surface area contributed by atoms with Crippen LogP contribution in [0, 0.1) is 6.57 Å². The van der Waals surface area contributed by atoms with Crippen LogP contribution in [0.25, 0.3) is 82.1 Å². The van der Waals surface area contributed by atoms with Crippen molar-refractivity contribution in [3.63, 3.8) is 0 Å². The van der Waals surface area contributed by atoms with Crippen LogP contribution in [0.15, 0.2) is 164 Å². The average molecular weight is 586 g/mol. The van der Waals surface area contributed by atoms with Crippen molar-refractivity contribution in [1.82, 2.24) is 9.13 Å². The lowest BCUT2D eigenvalue weighted by Gasteiger charge is -2.17. The van der Waals surface area contributed by atoms with Gasteiger partial charge >= 0.3 is 0 Å². The molecule has 0 atom stereocenters. The number of aromatic nitrogens is 2.